The molecular formula is C26H35N5O2. The van der Waals surface area contributed by atoms with Crippen LogP contribution in [0.5, 0.6) is 5.75 Å². The van der Waals surface area contributed by atoms with Gasteiger partial charge in [-0.2, -0.15) is 0 Å². The van der Waals surface area contributed by atoms with Crippen LogP contribution in [0.25, 0.3) is 0 Å². The van der Waals surface area contributed by atoms with E-state index in [0.717, 1.165) is 63.9 Å². The van der Waals surface area contributed by atoms with Crippen molar-refractivity contribution in [3.05, 3.63) is 59.7 Å². The molecule has 1 fully saturated rings. The Morgan fingerprint density at radius 3 is 2.39 bits per heavy atom. The van der Waals surface area contributed by atoms with Crippen molar-refractivity contribution in [3.8, 4) is 5.75 Å². The van der Waals surface area contributed by atoms with Gasteiger partial charge in [-0.05, 0) is 36.6 Å². The molecule has 0 aromatic heterocycles. The molecule has 0 aliphatic carbocycles. The van der Waals surface area contributed by atoms with Gasteiger partial charge < -0.3 is 24.8 Å². The number of carbonyl (C=O) groups excluding carboxylic acids is 1. The van der Waals surface area contributed by atoms with Gasteiger partial charge in [-0.15, -0.1) is 0 Å². The maximum absolute atomic E-state index is 12.6. The van der Waals surface area contributed by atoms with Crippen molar-refractivity contribution in [3.63, 3.8) is 0 Å². The van der Waals surface area contributed by atoms with E-state index in [4.69, 9.17) is 9.73 Å². The number of piperazine rings is 1. The lowest BCUT2D eigenvalue weighted by Crippen LogP contribution is -2.52. The Labute approximate surface area is 197 Å². The highest BCUT2D eigenvalue weighted by Gasteiger charge is 2.23. The van der Waals surface area contributed by atoms with Crippen molar-refractivity contribution in [2.45, 2.75) is 32.9 Å². The first kappa shape index (κ1) is 23.0. The molecule has 7 heteroatoms. The maximum atomic E-state index is 12.6. The van der Waals surface area contributed by atoms with Gasteiger partial charge in [0.05, 0.1) is 7.11 Å². The molecule has 1 N–H and O–H groups in total. The molecule has 7 nitrogen and oxygen atoms in total. The van der Waals surface area contributed by atoms with Crippen LogP contribution in [-0.2, 0) is 17.9 Å². The zero-order valence-corrected chi connectivity index (χ0v) is 19.8. The Morgan fingerprint density at radius 2 is 1.73 bits per heavy atom. The molecule has 2 aromatic carbocycles. The monoisotopic (exact) mass is 449 g/mol. The normalized spacial score (nSPS) is 16.1. The summed E-state index contributed by atoms with van der Waals surface area (Å²) in [5.41, 5.74) is 3.73. The Bertz CT molecular complexity index is 944. The Balaban J connectivity index is 1.24. The van der Waals surface area contributed by atoms with Gasteiger partial charge >= 0.3 is 0 Å². The van der Waals surface area contributed by atoms with Gasteiger partial charge in [-0.25, -0.2) is 0 Å². The molecule has 0 radical (unpaired) electrons. The summed E-state index contributed by atoms with van der Waals surface area (Å²) in [4.78, 5) is 24.1. The van der Waals surface area contributed by atoms with Crippen LogP contribution in [0.2, 0.25) is 0 Å². The predicted octanol–water partition coefficient (Wildman–Crippen LogP) is 3.11. The quantitative estimate of drug-likeness (QED) is 0.400. The number of benzene rings is 2. The minimum Gasteiger partial charge on any atom is -0.497 e. The van der Waals surface area contributed by atoms with Crippen molar-refractivity contribution >= 4 is 17.6 Å². The van der Waals surface area contributed by atoms with Crippen LogP contribution in [0.3, 0.4) is 0 Å². The fraction of sp³-hybridized carbons (Fsp3) is 0.462. The summed E-state index contributed by atoms with van der Waals surface area (Å²) in [5, 5.41) is 3.42. The highest BCUT2D eigenvalue weighted by molar-refractivity contribution is 5.80. The number of amides is 1. The molecule has 33 heavy (non-hydrogen) atoms. The summed E-state index contributed by atoms with van der Waals surface area (Å²) >= 11 is 0. The van der Waals surface area contributed by atoms with Gasteiger partial charge in [-0.3, -0.25) is 9.79 Å². The number of ether oxygens (including phenoxy) is 1. The summed E-state index contributed by atoms with van der Waals surface area (Å²) in [6, 6.07) is 16.5. The number of rotatable bonds is 7. The topological polar surface area (TPSA) is 60.4 Å². The molecule has 1 amide bonds. The number of nitrogens with one attached hydrogen (secondary N) is 1. The molecule has 0 spiro atoms. The SMILES string of the molecule is CCNC(=NCCCC(=O)N1Cc2ccccc2C1)N1CCN(c2cccc(OC)c2)CC1. The second kappa shape index (κ2) is 11.1. The third-order valence-electron chi connectivity index (χ3n) is 6.34. The molecule has 0 unspecified atom stereocenters. The van der Waals surface area contributed by atoms with E-state index in [-0.39, 0.29) is 5.91 Å². The molecular weight excluding hydrogens is 414 g/mol. The van der Waals surface area contributed by atoms with Gasteiger partial charge in [0, 0.05) is 70.5 Å². The highest BCUT2D eigenvalue weighted by atomic mass is 16.5. The summed E-state index contributed by atoms with van der Waals surface area (Å²) in [5.74, 6) is 2.05. The van der Waals surface area contributed by atoms with Crippen LogP contribution in [0.4, 0.5) is 5.69 Å². The molecule has 176 valence electrons. The lowest BCUT2D eigenvalue weighted by molar-refractivity contribution is -0.131. The Kier molecular flexibility index (Phi) is 7.70. The van der Waals surface area contributed by atoms with Gasteiger partial charge in [0.1, 0.15) is 5.75 Å². The van der Waals surface area contributed by atoms with E-state index in [2.05, 4.69) is 46.3 Å². The van der Waals surface area contributed by atoms with E-state index in [1.165, 1.54) is 16.8 Å². The molecule has 1 saturated heterocycles. The zero-order chi connectivity index (χ0) is 23.0. The van der Waals surface area contributed by atoms with Crippen LogP contribution in [-0.4, -0.2) is 68.0 Å². The first-order valence-corrected chi connectivity index (χ1v) is 11.9. The molecule has 2 aliphatic rings. The first-order valence-electron chi connectivity index (χ1n) is 11.9. The number of nitrogens with zero attached hydrogens (tertiary/aromatic N) is 4. The van der Waals surface area contributed by atoms with Crippen LogP contribution < -0.4 is 15.0 Å². The smallest absolute Gasteiger partial charge is 0.223 e. The first-order chi connectivity index (χ1) is 16.2. The third-order valence-corrected chi connectivity index (χ3v) is 6.34. The van der Waals surface area contributed by atoms with E-state index in [0.29, 0.717) is 13.0 Å². The molecule has 2 aliphatic heterocycles. The zero-order valence-electron chi connectivity index (χ0n) is 19.8. The van der Waals surface area contributed by atoms with E-state index in [1.54, 1.807) is 7.11 Å². The second-order valence-electron chi connectivity index (χ2n) is 8.53. The minimum absolute atomic E-state index is 0.221. The fourth-order valence-electron chi connectivity index (χ4n) is 4.49. The summed E-state index contributed by atoms with van der Waals surface area (Å²) in [6.07, 6.45) is 1.31. The molecule has 0 bridgehead atoms. The van der Waals surface area contributed by atoms with Crippen molar-refractivity contribution < 1.29 is 9.53 Å². The van der Waals surface area contributed by atoms with Crippen LogP contribution in [0.15, 0.2) is 53.5 Å². The number of anilines is 1. The number of aliphatic imine (C=N–C) groups is 1. The lowest BCUT2D eigenvalue weighted by Gasteiger charge is -2.37. The third kappa shape index (κ3) is 5.78. The van der Waals surface area contributed by atoms with E-state index >= 15 is 0 Å². The van der Waals surface area contributed by atoms with Crippen LogP contribution >= 0.6 is 0 Å². The van der Waals surface area contributed by atoms with Gasteiger partial charge in [0.2, 0.25) is 5.91 Å². The molecule has 0 atom stereocenters. The van der Waals surface area contributed by atoms with Gasteiger partial charge in [-0.1, -0.05) is 30.3 Å². The van der Waals surface area contributed by atoms with Crippen LogP contribution in [0.1, 0.15) is 30.9 Å². The maximum Gasteiger partial charge on any atom is 0.223 e. The number of hydrogen-bond acceptors (Lipinski definition) is 4. The number of hydrogen-bond donors (Lipinski definition) is 1. The van der Waals surface area contributed by atoms with Gasteiger partial charge in [0.15, 0.2) is 5.96 Å². The lowest BCUT2D eigenvalue weighted by atomic mass is 10.1. The highest BCUT2D eigenvalue weighted by Crippen LogP contribution is 2.23. The number of methoxy groups -OCH3 is 1. The fourth-order valence-corrected chi connectivity index (χ4v) is 4.49. The number of carbonyl (C=O) groups is 1. The summed E-state index contributed by atoms with van der Waals surface area (Å²) in [7, 11) is 1.70. The van der Waals surface area contributed by atoms with E-state index in [9.17, 15) is 4.79 Å². The van der Waals surface area contributed by atoms with Crippen molar-refractivity contribution in [2.75, 3.05) is 51.3 Å². The average molecular weight is 450 g/mol. The summed E-state index contributed by atoms with van der Waals surface area (Å²) in [6.45, 7) is 8.75. The van der Waals surface area contributed by atoms with E-state index in [1.807, 2.05) is 29.2 Å². The predicted molar refractivity (Wildman–Crippen MR) is 133 cm³/mol. The molecule has 4 rings (SSSR count). The standard InChI is InChI=1S/C26H35N5O2/c1-3-27-26(30-16-14-29(15-17-30)23-10-6-11-24(18-23)33-2)28-13-7-12-25(32)31-19-21-8-4-5-9-22(21)20-31/h4-6,8-11,18H,3,7,12-17,19-20H2,1-2H3,(H,27,28). The van der Waals surface area contributed by atoms with Crippen molar-refractivity contribution in [2.24, 2.45) is 4.99 Å². The second-order valence-corrected chi connectivity index (χ2v) is 8.53. The number of guanidine groups is 1. The Hall–Kier alpha value is -3.22. The molecule has 0 saturated carbocycles. The van der Waals surface area contributed by atoms with E-state index < -0.39 is 0 Å². The van der Waals surface area contributed by atoms with Crippen molar-refractivity contribution in [1.29, 1.82) is 0 Å². The van der Waals surface area contributed by atoms with Gasteiger partial charge in [0.25, 0.3) is 0 Å². The summed E-state index contributed by atoms with van der Waals surface area (Å²) < 4.78 is 5.36. The molecule has 2 aromatic rings. The largest absolute Gasteiger partial charge is 0.497 e. The van der Waals surface area contributed by atoms with Crippen molar-refractivity contribution in [1.82, 2.24) is 15.1 Å². The van der Waals surface area contributed by atoms with Crippen LogP contribution in [0, 0.1) is 0 Å². The Morgan fingerprint density at radius 1 is 1.00 bits per heavy atom. The molecule has 2 heterocycles. The number of fused-ring (bicyclic) bond motifs is 1. The minimum atomic E-state index is 0.221. The average Bonchev–Trinajstić information content (AvgIpc) is 3.30.